The van der Waals surface area contributed by atoms with E-state index in [0.717, 1.165) is 17.5 Å². The van der Waals surface area contributed by atoms with Crippen LogP contribution in [0.15, 0.2) is 36.4 Å². The second kappa shape index (κ2) is 5.86. The molecular formula is C14H15F2N3. The molecule has 2 rings (SSSR count). The summed E-state index contributed by atoms with van der Waals surface area (Å²) < 4.78 is 26.0. The van der Waals surface area contributed by atoms with E-state index >= 15 is 0 Å². The molecule has 0 saturated carbocycles. The van der Waals surface area contributed by atoms with Gasteiger partial charge in [0.05, 0.1) is 11.7 Å². The number of hydrogen-bond acceptors (Lipinski definition) is 3. The van der Waals surface area contributed by atoms with E-state index in [1.54, 1.807) is 6.07 Å². The number of halogens is 2. The lowest BCUT2D eigenvalue weighted by atomic mass is 10.0. The highest BCUT2D eigenvalue weighted by atomic mass is 19.2. The van der Waals surface area contributed by atoms with Crippen molar-refractivity contribution in [3.63, 3.8) is 0 Å². The van der Waals surface area contributed by atoms with E-state index in [-0.39, 0.29) is 6.04 Å². The fourth-order valence-electron chi connectivity index (χ4n) is 1.91. The number of aryl methyl sites for hydroxylation is 1. The first-order valence-electron chi connectivity index (χ1n) is 5.94. The van der Waals surface area contributed by atoms with Crippen LogP contribution in [0.3, 0.4) is 0 Å². The van der Waals surface area contributed by atoms with Crippen LogP contribution in [-0.2, 0) is 6.42 Å². The average molecular weight is 263 g/mol. The van der Waals surface area contributed by atoms with Crippen LogP contribution in [-0.4, -0.2) is 4.98 Å². The maximum absolute atomic E-state index is 13.2. The number of nitrogens with one attached hydrogen (secondary N) is 1. The van der Waals surface area contributed by atoms with Gasteiger partial charge in [-0.25, -0.2) is 8.78 Å². The average Bonchev–Trinajstić information content (AvgIpc) is 2.40. The Kier molecular flexibility index (Phi) is 4.19. The fraction of sp³-hybridized carbons (Fsp3) is 0.214. The summed E-state index contributed by atoms with van der Waals surface area (Å²) in [6.45, 7) is 1.88. The van der Waals surface area contributed by atoms with Gasteiger partial charge in [-0.2, -0.15) is 0 Å². The Hall–Kier alpha value is -1.85. The molecule has 0 aliphatic rings. The predicted octanol–water partition coefficient (Wildman–Crippen LogP) is 2.42. The number of aromatic nitrogens is 1. The van der Waals surface area contributed by atoms with Crippen LogP contribution >= 0.6 is 0 Å². The van der Waals surface area contributed by atoms with Crippen LogP contribution < -0.4 is 11.3 Å². The molecule has 3 nitrogen and oxygen atoms in total. The molecule has 1 aromatic heterocycles. The van der Waals surface area contributed by atoms with Crippen molar-refractivity contribution in [1.82, 2.24) is 10.4 Å². The van der Waals surface area contributed by atoms with E-state index in [4.69, 9.17) is 5.84 Å². The Morgan fingerprint density at radius 2 is 2.00 bits per heavy atom. The van der Waals surface area contributed by atoms with E-state index in [0.29, 0.717) is 12.0 Å². The summed E-state index contributed by atoms with van der Waals surface area (Å²) in [6, 6.07) is 9.19. The van der Waals surface area contributed by atoms with E-state index in [1.165, 1.54) is 6.07 Å². The minimum absolute atomic E-state index is 0.246. The van der Waals surface area contributed by atoms with Gasteiger partial charge < -0.3 is 0 Å². The van der Waals surface area contributed by atoms with Crippen molar-refractivity contribution in [2.24, 2.45) is 5.84 Å². The van der Waals surface area contributed by atoms with Gasteiger partial charge in [-0.15, -0.1) is 0 Å². The molecular weight excluding hydrogens is 248 g/mol. The largest absolute Gasteiger partial charge is 0.271 e. The number of nitrogens with zero attached hydrogens (tertiary/aromatic N) is 1. The summed E-state index contributed by atoms with van der Waals surface area (Å²) in [5.74, 6) is 3.80. The Labute approximate surface area is 110 Å². The third-order valence-electron chi connectivity index (χ3n) is 2.89. The van der Waals surface area contributed by atoms with Gasteiger partial charge in [0, 0.05) is 5.69 Å². The van der Waals surface area contributed by atoms with Crippen molar-refractivity contribution < 1.29 is 8.78 Å². The minimum atomic E-state index is -0.856. The van der Waals surface area contributed by atoms with Crippen molar-refractivity contribution in [2.75, 3.05) is 0 Å². The molecule has 0 radical (unpaired) electrons. The first-order chi connectivity index (χ1) is 9.10. The SMILES string of the molecule is Cc1cccc(C(Cc2ccc(F)c(F)c2)NN)n1. The summed E-state index contributed by atoms with van der Waals surface area (Å²) in [4.78, 5) is 4.37. The summed E-state index contributed by atoms with van der Waals surface area (Å²) in [5.41, 5.74) is 4.96. The van der Waals surface area contributed by atoms with Crippen molar-refractivity contribution in [3.8, 4) is 0 Å². The van der Waals surface area contributed by atoms with Crippen LogP contribution in [0, 0.1) is 18.6 Å². The van der Waals surface area contributed by atoms with Gasteiger partial charge in [0.1, 0.15) is 0 Å². The van der Waals surface area contributed by atoms with Crippen LogP contribution in [0.4, 0.5) is 8.78 Å². The molecule has 0 fully saturated rings. The lowest BCUT2D eigenvalue weighted by molar-refractivity contribution is 0.501. The van der Waals surface area contributed by atoms with Gasteiger partial charge in [0.15, 0.2) is 11.6 Å². The molecule has 1 aromatic carbocycles. The molecule has 19 heavy (non-hydrogen) atoms. The summed E-state index contributed by atoms with van der Waals surface area (Å²) >= 11 is 0. The second-order valence-corrected chi connectivity index (χ2v) is 4.38. The van der Waals surface area contributed by atoms with E-state index in [2.05, 4.69) is 10.4 Å². The Morgan fingerprint density at radius 3 is 2.63 bits per heavy atom. The van der Waals surface area contributed by atoms with Gasteiger partial charge in [0.25, 0.3) is 0 Å². The number of rotatable bonds is 4. The quantitative estimate of drug-likeness (QED) is 0.658. The Morgan fingerprint density at radius 1 is 1.21 bits per heavy atom. The normalized spacial score (nSPS) is 12.4. The summed E-state index contributed by atoms with van der Waals surface area (Å²) in [6.07, 6.45) is 0.435. The standard InChI is InChI=1S/C14H15F2N3/c1-9-3-2-4-13(18-9)14(19-17)8-10-5-6-11(15)12(16)7-10/h2-7,14,19H,8,17H2,1H3. The van der Waals surface area contributed by atoms with Crippen molar-refractivity contribution in [1.29, 1.82) is 0 Å². The molecule has 0 aliphatic heterocycles. The zero-order valence-corrected chi connectivity index (χ0v) is 10.5. The topological polar surface area (TPSA) is 50.9 Å². The molecule has 0 bridgehead atoms. The number of benzene rings is 1. The molecule has 2 aromatic rings. The molecule has 0 spiro atoms. The summed E-state index contributed by atoms with van der Waals surface area (Å²) in [7, 11) is 0. The fourth-order valence-corrected chi connectivity index (χ4v) is 1.91. The zero-order valence-electron chi connectivity index (χ0n) is 10.5. The number of pyridine rings is 1. The van der Waals surface area contributed by atoms with Crippen LogP contribution in [0.1, 0.15) is 23.0 Å². The van der Waals surface area contributed by atoms with Crippen LogP contribution in [0.5, 0.6) is 0 Å². The Bertz CT molecular complexity index is 572. The van der Waals surface area contributed by atoms with Gasteiger partial charge in [0.2, 0.25) is 0 Å². The van der Waals surface area contributed by atoms with Crippen LogP contribution in [0.25, 0.3) is 0 Å². The number of nitrogens with two attached hydrogens (primary N) is 1. The predicted molar refractivity (Wildman–Crippen MR) is 69.1 cm³/mol. The van der Waals surface area contributed by atoms with Crippen molar-refractivity contribution in [2.45, 2.75) is 19.4 Å². The summed E-state index contributed by atoms with van der Waals surface area (Å²) in [5, 5.41) is 0. The molecule has 0 saturated heterocycles. The molecule has 1 unspecified atom stereocenters. The van der Waals surface area contributed by atoms with Gasteiger partial charge in [-0.1, -0.05) is 12.1 Å². The van der Waals surface area contributed by atoms with Crippen molar-refractivity contribution >= 4 is 0 Å². The molecule has 5 heteroatoms. The highest BCUT2D eigenvalue weighted by Gasteiger charge is 2.13. The molecule has 1 heterocycles. The van der Waals surface area contributed by atoms with Gasteiger partial charge >= 0.3 is 0 Å². The van der Waals surface area contributed by atoms with Gasteiger partial charge in [-0.3, -0.25) is 16.3 Å². The highest BCUT2D eigenvalue weighted by Crippen LogP contribution is 2.18. The lowest BCUT2D eigenvalue weighted by Gasteiger charge is -2.16. The van der Waals surface area contributed by atoms with E-state index in [9.17, 15) is 8.78 Å². The van der Waals surface area contributed by atoms with Crippen molar-refractivity contribution in [3.05, 3.63) is 65.0 Å². The van der Waals surface area contributed by atoms with Crippen LogP contribution in [0.2, 0.25) is 0 Å². The Balaban J connectivity index is 2.21. The number of hydrogen-bond donors (Lipinski definition) is 2. The van der Waals surface area contributed by atoms with E-state index < -0.39 is 11.6 Å². The second-order valence-electron chi connectivity index (χ2n) is 4.38. The zero-order chi connectivity index (χ0) is 13.8. The number of hydrazine groups is 1. The maximum Gasteiger partial charge on any atom is 0.159 e. The molecule has 1 atom stereocenters. The minimum Gasteiger partial charge on any atom is -0.271 e. The van der Waals surface area contributed by atoms with E-state index in [1.807, 2.05) is 25.1 Å². The first kappa shape index (κ1) is 13.6. The third-order valence-corrected chi connectivity index (χ3v) is 2.89. The monoisotopic (exact) mass is 263 g/mol. The third kappa shape index (κ3) is 3.33. The molecule has 3 N–H and O–H groups in total. The molecule has 100 valence electrons. The molecule has 0 aliphatic carbocycles. The first-order valence-corrected chi connectivity index (χ1v) is 5.94. The lowest BCUT2D eigenvalue weighted by Crippen LogP contribution is -2.30. The van der Waals surface area contributed by atoms with Gasteiger partial charge in [-0.05, 0) is 43.2 Å². The smallest absolute Gasteiger partial charge is 0.159 e. The highest BCUT2D eigenvalue weighted by molar-refractivity contribution is 5.22. The maximum atomic E-state index is 13.2. The molecule has 0 amide bonds.